The Kier molecular flexibility index (Phi) is 11.2. The molecule has 8 N–H and O–H groups in total. The Morgan fingerprint density at radius 2 is 1.59 bits per heavy atom. The molecule has 0 spiro atoms. The van der Waals surface area contributed by atoms with Crippen LogP contribution in [0.15, 0.2) is 51.2 Å². The van der Waals surface area contributed by atoms with E-state index < -0.39 is 84.9 Å². The van der Waals surface area contributed by atoms with E-state index in [4.69, 9.17) is 28.1 Å². The number of phenols is 2. The second-order valence-electron chi connectivity index (χ2n) is 12.3. The molecule has 0 bridgehead atoms. The Morgan fingerprint density at radius 3 is 2.22 bits per heavy atom. The Balaban J connectivity index is 1.64. The number of hydrogen-bond acceptors (Lipinski definition) is 15. The van der Waals surface area contributed by atoms with Crippen LogP contribution in [-0.2, 0) is 20.6 Å². The summed E-state index contributed by atoms with van der Waals surface area (Å²) in [6, 6.07) is 7.36. The van der Waals surface area contributed by atoms with E-state index >= 15 is 0 Å². The first kappa shape index (κ1) is 36.5. The van der Waals surface area contributed by atoms with Crippen molar-refractivity contribution in [2.24, 2.45) is 0 Å². The van der Waals surface area contributed by atoms with Crippen LogP contribution in [0.2, 0.25) is 0 Å². The lowest BCUT2D eigenvalue weighted by Gasteiger charge is -2.45. The van der Waals surface area contributed by atoms with E-state index in [-0.39, 0.29) is 40.9 Å². The summed E-state index contributed by atoms with van der Waals surface area (Å²) in [5.74, 6) is -1.08. The Morgan fingerprint density at radius 1 is 0.898 bits per heavy atom. The lowest BCUT2D eigenvalue weighted by Crippen LogP contribution is -2.64. The summed E-state index contributed by atoms with van der Waals surface area (Å²) in [5, 5.41) is 84.0. The van der Waals surface area contributed by atoms with Crippen LogP contribution in [-0.4, -0.2) is 116 Å². The van der Waals surface area contributed by atoms with E-state index in [1.54, 1.807) is 30.3 Å². The van der Waals surface area contributed by atoms with Crippen molar-refractivity contribution in [3.63, 3.8) is 0 Å². The predicted molar refractivity (Wildman–Crippen MR) is 171 cm³/mol. The fourth-order valence-corrected chi connectivity index (χ4v) is 5.82. The molecule has 1 aromatic heterocycles. The van der Waals surface area contributed by atoms with Crippen LogP contribution in [0.3, 0.4) is 0 Å². The van der Waals surface area contributed by atoms with Crippen LogP contribution < -0.4 is 14.9 Å². The molecule has 3 aromatic rings. The van der Waals surface area contributed by atoms with Gasteiger partial charge in [0.1, 0.15) is 58.7 Å². The second-order valence-corrected chi connectivity index (χ2v) is 12.3. The molecular formula is C34H42O15. The SMILES string of the molecule is COc1ccc(-c2oc3c(CC=C(C)C)c(O)cc(O)c3c(=O)c2O[C@@H]2O[C@@H](C)[C@H](O)[C@@H](O)[C@H]2O[C@@H]2O[C@H](CCO)[C@@H](O)[C@H](O)[C@H]2O)cc1. The second kappa shape index (κ2) is 15.0. The van der Waals surface area contributed by atoms with Gasteiger partial charge in [-0.25, -0.2) is 0 Å². The first-order chi connectivity index (χ1) is 23.3. The summed E-state index contributed by atoms with van der Waals surface area (Å²) in [7, 11) is 1.47. The molecule has 0 radical (unpaired) electrons. The molecule has 5 rings (SSSR count). The normalized spacial score (nSPS) is 30.2. The van der Waals surface area contributed by atoms with Crippen LogP contribution >= 0.6 is 0 Å². The topological polar surface area (TPSA) is 238 Å². The largest absolute Gasteiger partial charge is 0.507 e. The van der Waals surface area contributed by atoms with Crippen LogP contribution in [0.25, 0.3) is 22.3 Å². The molecule has 0 amide bonds. The summed E-state index contributed by atoms with van der Waals surface area (Å²) in [5.41, 5.74) is 0.458. The molecule has 2 aliphatic heterocycles. The highest BCUT2D eigenvalue weighted by Gasteiger charge is 2.51. The van der Waals surface area contributed by atoms with E-state index in [0.717, 1.165) is 11.6 Å². The van der Waals surface area contributed by atoms with Gasteiger partial charge in [-0.15, -0.1) is 0 Å². The van der Waals surface area contributed by atoms with Gasteiger partial charge in [0.25, 0.3) is 0 Å². The highest BCUT2D eigenvalue weighted by molar-refractivity contribution is 5.91. The third kappa shape index (κ3) is 7.26. The minimum Gasteiger partial charge on any atom is -0.507 e. The van der Waals surface area contributed by atoms with Gasteiger partial charge in [-0.05, 0) is 57.9 Å². The summed E-state index contributed by atoms with van der Waals surface area (Å²) in [6.45, 7) is 4.71. The first-order valence-corrected chi connectivity index (χ1v) is 15.7. The van der Waals surface area contributed by atoms with Crippen LogP contribution in [0.5, 0.6) is 23.0 Å². The van der Waals surface area contributed by atoms with Gasteiger partial charge in [0.05, 0.1) is 19.3 Å². The number of ether oxygens (including phenoxy) is 5. The third-order valence-corrected chi connectivity index (χ3v) is 8.64. The number of phenolic OH excluding ortho intramolecular Hbond substituents is 2. The van der Waals surface area contributed by atoms with Gasteiger partial charge in [-0.2, -0.15) is 0 Å². The molecular weight excluding hydrogens is 648 g/mol. The molecule has 2 saturated heterocycles. The molecule has 2 aromatic carbocycles. The number of allylic oxidation sites excluding steroid dienone is 2. The third-order valence-electron chi connectivity index (χ3n) is 8.64. The number of aromatic hydroxyl groups is 2. The average molecular weight is 691 g/mol. The summed E-state index contributed by atoms with van der Waals surface area (Å²) in [6.07, 6.45) is -14.0. The number of methoxy groups -OCH3 is 1. The van der Waals surface area contributed by atoms with E-state index in [9.17, 15) is 45.6 Å². The zero-order valence-electron chi connectivity index (χ0n) is 27.3. The highest BCUT2D eigenvalue weighted by atomic mass is 16.8. The molecule has 3 heterocycles. The van der Waals surface area contributed by atoms with E-state index in [1.807, 2.05) is 13.8 Å². The number of aliphatic hydroxyl groups is 6. The molecule has 268 valence electrons. The maximum Gasteiger partial charge on any atom is 0.239 e. The van der Waals surface area contributed by atoms with E-state index in [1.165, 1.54) is 14.0 Å². The number of fused-ring (bicyclic) bond motifs is 1. The fourth-order valence-electron chi connectivity index (χ4n) is 5.82. The lowest BCUT2D eigenvalue weighted by molar-refractivity contribution is -0.354. The molecule has 0 saturated carbocycles. The van der Waals surface area contributed by atoms with Gasteiger partial charge in [0.2, 0.25) is 17.5 Å². The highest BCUT2D eigenvalue weighted by Crippen LogP contribution is 2.41. The minimum atomic E-state index is -1.85. The summed E-state index contributed by atoms with van der Waals surface area (Å²) < 4.78 is 35.0. The maximum absolute atomic E-state index is 14.3. The molecule has 0 aliphatic carbocycles. The van der Waals surface area contributed by atoms with Gasteiger partial charge in [-0.1, -0.05) is 11.6 Å². The van der Waals surface area contributed by atoms with E-state index in [2.05, 4.69) is 0 Å². The van der Waals surface area contributed by atoms with Crippen LogP contribution in [0.4, 0.5) is 0 Å². The smallest absolute Gasteiger partial charge is 0.239 e. The fraction of sp³-hybridized carbons (Fsp3) is 0.500. The Bertz CT molecular complexity index is 1700. The van der Waals surface area contributed by atoms with Crippen LogP contribution in [0.1, 0.15) is 32.8 Å². The van der Waals surface area contributed by atoms with Crippen LogP contribution in [0, 0.1) is 0 Å². The predicted octanol–water partition coefficient (Wildman–Crippen LogP) is 0.809. The van der Waals surface area contributed by atoms with Crippen molar-refractivity contribution in [1.29, 1.82) is 0 Å². The van der Waals surface area contributed by atoms with Crippen molar-refractivity contribution in [1.82, 2.24) is 0 Å². The molecule has 2 aliphatic rings. The maximum atomic E-state index is 14.3. The van der Waals surface area contributed by atoms with Crippen molar-refractivity contribution in [2.75, 3.05) is 13.7 Å². The molecule has 49 heavy (non-hydrogen) atoms. The molecule has 15 nitrogen and oxygen atoms in total. The Hall–Kier alpha value is -3.77. The quantitative estimate of drug-likeness (QED) is 0.137. The first-order valence-electron chi connectivity index (χ1n) is 15.7. The molecule has 0 unspecified atom stereocenters. The number of hydrogen-bond donors (Lipinski definition) is 8. The van der Waals surface area contributed by atoms with Gasteiger partial charge in [-0.3, -0.25) is 4.79 Å². The Labute approximate surface area is 280 Å². The van der Waals surface area contributed by atoms with Crippen molar-refractivity contribution < 1.29 is 69.0 Å². The summed E-state index contributed by atoms with van der Waals surface area (Å²) in [4.78, 5) is 14.3. The van der Waals surface area contributed by atoms with Gasteiger partial charge < -0.3 is 69.0 Å². The number of rotatable bonds is 10. The van der Waals surface area contributed by atoms with Crippen molar-refractivity contribution in [3.8, 4) is 34.3 Å². The zero-order chi connectivity index (χ0) is 35.7. The number of aliphatic hydroxyl groups excluding tert-OH is 6. The minimum absolute atomic E-state index is 0.111. The lowest BCUT2D eigenvalue weighted by atomic mass is 9.96. The summed E-state index contributed by atoms with van der Waals surface area (Å²) >= 11 is 0. The molecule has 15 heteroatoms. The van der Waals surface area contributed by atoms with Crippen molar-refractivity contribution >= 4 is 11.0 Å². The van der Waals surface area contributed by atoms with E-state index in [0.29, 0.717) is 11.3 Å². The average Bonchev–Trinajstić information content (AvgIpc) is 3.07. The zero-order valence-corrected chi connectivity index (χ0v) is 27.3. The van der Waals surface area contributed by atoms with Gasteiger partial charge in [0, 0.05) is 23.8 Å². The number of benzene rings is 2. The van der Waals surface area contributed by atoms with Crippen molar-refractivity contribution in [3.05, 3.63) is 57.8 Å². The van der Waals surface area contributed by atoms with Gasteiger partial charge in [0.15, 0.2) is 18.2 Å². The van der Waals surface area contributed by atoms with Crippen molar-refractivity contribution in [2.45, 2.75) is 95.0 Å². The molecule has 2 fully saturated rings. The van der Waals surface area contributed by atoms with Gasteiger partial charge >= 0.3 is 0 Å². The standard InChI is InChI=1S/C34H42O15/c1-14(2)5-10-18-19(36)13-20(37)22-25(40)31(29(47-30(18)22)16-6-8-17(44-4)9-7-16)48-34-32(27(42)23(38)15(3)45-34)49-33-28(43)26(41)24(39)21(46-33)11-12-35/h5-9,13,15,21,23-24,26-28,32-39,41-43H,10-12H2,1-4H3/t15-,21+,23-,24+,26-,27+,28+,32+,33-,34-/m0/s1. The molecule has 10 atom stereocenters. The monoisotopic (exact) mass is 690 g/mol.